The summed E-state index contributed by atoms with van der Waals surface area (Å²) in [4.78, 5) is 10.5. The minimum atomic E-state index is -1.27. The SMILES string of the molecule is CC(F)C(CC(=O)O)c1ccc(F)cc1. The smallest absolute Gasteiger partial charge is 0.304 e. The lowest BCUT2D eigenvalue weighted by molar-refractivity contribution is -0.137. The number of carboxylic acids is 1. The highest BCUT2D eigenvalue weighted by molar-refractivity contribution is 5.68. The molecule has 2 nitrogen and oxygen atoms in total. The Labute approximate surface area is 86.5 Å². The van der Waals surface area contributed by atoms with Crippen molar-refractivity contribution in [1.82, 2.24) is 0 Å². The summed E-state index contributed by atoms with van der Waals surface area (Å²) < 4.78 is 25.8. The first-order chi connectivity index (χ1) is 7.00. The van der Waals surface area contributed by atoms with Crippen molar-refractivity contribution in [2.45, 2.75) is 25.4 Å². The van der Waals surface area contributed by atoms with Crippen LogP contribution in [0.5, 0.6) is 0 Å². The molecule has 0 saturated carbocycles. The van der Waals surface area contributed by atoms with Crippen LogP contribution in [0.3, 0.4) is 0 Å². The van der Waals surface area contributed by atoms with Crippen molar-refractivity contribution in [2.24, 2.45) is 0 Å². The zero-order valence-electron chi connectivity index (χ0n) is 8.28. The molecule has 0 aliphatic rings. The number of alkyl halides is 1. The Morgan fingerprint density at radius 3 is 2.33 bits per heavy atom. The van der Waals surface area contributed by atoms with Crippen LogP contribution in [0.4, 0.5) is 8.78 Å². The van der Waals surface area contributed by atoms with Gasteiger partial charge in [-0.15, -0.1) is 0 Å². The first-order valence-corrected chi connectivity index (χ1v) is 4.62. The highest BCUT2D eigenvalue weighted by atomic mass is 19.1. The minimum Gasteiger partial charge on any atom is -0.481 e. The topological polar surface area (TPSA) is 37.3 Å². The van der Waals surface area contributed by atoms with Gasteiger partial charge >= 0.3 is 5.97 Å². The summed E-state index contributed by atoms with van der Waals surface area (Å²) in [6.45, 7) is 1.30. The zero-order chi connectivity index (χ0) is 11.4. The average Bonchev–Trinajstić information content (AvgIpc) is 2.15. The molecule has 0 radical (unpaired) electrons. The maximum atomic E-state index is 13.2. The maximum Gasteiger partial charge on any atom is 0.304 e. The normalized spacial score (nSPS) is 14.6. The summed E-state index contributed by atoms with van der Waals surface area (Å²) in [5.74, 6) is -2.20. The van der Waals surface area contributed by atoms with Crippen molar-refractivity contribution in [1.29, 1.82) is 0 Å². The molecular formula is C11H12F2O2. The second-order valence-corrected chi connectivity index (χ2v) is 3.43. The molecule has 0 spiro atoms. The van der Waals surface area contributed by atoms with E-state index in [4.69, 9.17) is 5.11 Å². The molecule has 1 aromatic carbocycles. The van der Waals surface area contributed by atoms with Crippen LogP contribution in [0.15, 0.2) is 24.3 Å². The summed E-state index contributed by atoms with van der Waals surface area (Å²) >= 11 is 0. The number of carboxylic acid groups (broad SMARTS) is 1. The number of aliphatic carboxylic acids is 1. The van der Waals surface area contributed by atoms with Crippen LogP contribution in [-0.4, -0.2) is 17.2 Å². The van der Waals surface area contributed by atoms with Crippen LogP contribution in [0, 0.1) is 5.82 Å². The van der Waals surface area contributed by atoms with E-state index in [1.807, 2.05) is 0 Å². The monoisotopic (exact) mass is 214 g/mol. The number of rotatable bonds is 4. The highest BCUT2D eigenvalue weighted by Crippen LogP contribution is 2.25. The van der Waals surface area contributed by atoms with Crippen LogP contribution in [0.2, 0.25) is 0 Å². The van der Waals surface area contributed by atoms with Crippen molar-refractivity contribution < 1.29 is 18.7 Å². The van der Waals surface area contributed by atoms with E-state index in [1.165, 1.54) is 31.2 Å². The standard InChI is InChI=1S/C11H12F2O2/c1-7(12)10(6-11(14)15)8-2-4-9(13)5-3-8/h2-5,7,10H,6H2,1H3,(H,14,15). The van der Waals surface area contributed by atoms with E-state index in [9.17, 15) is 13.6 Å². The lowest BCUT2D eigenvalue weighted by Crippen LogP contribution is -2.15. The predicted octanol–water partition coefficient (Wildman–Crippen LogP) is 2.74. The molecule has 0 aliphatic carbocycles. The van der Waals surface area contributed by atoms with E-state index >= 15 is 0 Å². The molecular weight excluding hydrogens is 202 g/mol. The molecule has 1 aromatic rings. The minimum absolute atomic E-state index is 0.288. The Balaban J connectivity index is 2.88. The van der Waals surface area contributed by atoms with Gasteiger partial charge in [-0.2, -0.15) is 0 Å². The van der Waals surface area contributed by atoms with Crippen LogP contribution >= 0.6 is 0 Å². The van der Waals surface area contributed by atoms with Gasteiger partial charge in [0.1, 0.15) is 12.0 Å². The number of hydrogen-bond acceptors (Lipinski definition) is 1. The Morgan fingerprint density at radius 1 is 1.40 bits per heavy atom. The number of carbonyl (C=O) groups is 1. The summed E-state index contributed by atoms with van der Waals surface area (Å²) in [6, 6.07) is 5.23. The third-order valence-electron chi connectivity index (χ3n) is 2.25. The largest absolute Gasteiger partial charge is 0.481 e. The molecule has 2 unspecified atom stereocenters. The Morgan fingerprint density at radius 2 is 1.93 bits per heavy atom. The van der Waals surface area contributed by atoms with Crippen molar-refractivity contribution >= 4 is 5.97 Å². The quantitative estimate of drug-likeness (QED) is 0.836. The fraction of sp³-hybridized carbons (Fsp3) is 0.364. The van der Waals surface area contributed by atoms with Gasteiger partial charge < -0.3 is 5.11 Å². The molecule has 0 amide bonds. The van der Waals surface area contributed by atoms with E-state index < -0.39 is 23.9 Å². The van der Waals surface area contributed by atoms with Gasteiger partial charge in [-0.05, 0) is 24.6 Å². The summed E-state index contributed by atoms with van der Waals surface area (Å²) in [5.41, 5.74) is 0.508. The fourth-order valence-corrected chi connectivity index (χ4v) is 1.44. The van der Waals surface area contributed by atoms with Gasteiger partial charge in [-0.25, -0.2) is 8.78 Å². The van der Waals surface area contributed by atoms with Crippen molar-refractivity contribution in [3.63, 3.8) is 0 Å². The Hall–Kier alpha value is -1.45. The lowest BCUT2D eigenvalue weighted by Gasteiger charge is -2.16. The zero-order valence-corrected chi connectivity index (χ0v) is 8.28. The molecule has 82 valence electrons. The van der Waals surface area contributed by atoms with Crippen LogP contribution < -0.4 is 0 Å². The molecule has 15 heavy (non-hydrogen) atoms. The average molecular weight is 214 g/mol. The number of halogens is 2. The lowest BCUT2D eigenvalue weighted by atomic mass is 9.92. The van der Waals surface area contributed by atoms with Crippen LogP contribution in [0.1, 0.15) is 24.8 Å². The molecule has 1 N–H and O–H groups in total. The van der Waals surface area contributed by atoms with E-state index in [-0.39, 0.29) is 6.42 Å². The second-order valence-electron chi connectivity index (χ2n) is 3.43. The number of benzene rings is 1. The molecule has 0 fully saturated rings. The fourth-order valence-electron chi connectivity index (χ4n) is 1.44. The first kappa shape index (κ1) is 11.6. The van der Waals surface area contributed by atoms with E-state index in [2.05, 4.69) is 0 Å². The van der Waals surface area contributed by atoms with Crippen molar-refractivity contribution in [3.05, 3.63) is 35.6 Å². The first-order valence-electron chi connectivity index (χ1n) is 4.62. The molecule has 0 heterocycles. The second kappa shape index (κ2) is 4.87. The molecule has 4 heteroatoms. The molecule has 2 atom stereocenters. The van der Waals surface area contributed by atoms with Gasteiger partial charge in [0.2, 0.25) is 0 Å². The molecule has 0 aromatic heterocycles. The highest BCUT2D eigenvalue weighted by Gasteiger charge is 2.21. The van der Waals surface area contributed by atoms with Crippen LogP contribution in [0.25, 0.3) is 0 Å². The van der Waals surface area contributed by atoms with E-state index in [0.29, 0.717) is 5.56 Å². The molecule has 0 aliphatic heterocycles. The van der Waals surface area contributed by atoms with Gasteiger partial charge in [0.25, 0.3) is 0 Å². The Kier molecular flexibility index (Phi) is 3.77. The molecule has 0 bridgehead atoms. The number of hydrogen-bond donors (Lipinski definition) is 1. The van der Waals surface area contributed by atoms with Gasteiger partial charge in [0.15, 0.2) is 0 Å². The summed E-state index contributed by atoms with van der Waals surface area (Å²) in [5, 5.41) is 8.61. The van der Waals surface area contributed by atoms with Crippen LogP contribution in [-0.2, 0) is 4.79 Å². The van der Waals surface area contributed by atoms with Gasteiger partial charge in [0.05, 0.1) is 6.42 Å². The predicted molar refractivity (Wildman–Crippen MR) is 52.0 cm³/mol. The van der Waals surface area contributed by atoms with E-state index in [0.717, 1.165) is 0 Å². The van der Waals surface area contributed by atoms with E-state index in [1.54, 1.807) is 0 Å². The van der Waals surface area contributed by atoms with Crippen molar-refractivity contribution in [3.8, 4) is 0 Å². The van der Waals surface area contributed by atoms with Gasteiger partial charge in [0, 0.05) is 5.92 Å². The third kappa shape index (κ3) is 3.31. The Bertz CT molecular complexity index is 333. The van der Waals surface area contributed by atoms with Gasteiger partial charge in [-0.1, -0.05) is 12.1 Å². The van der Waals surface area contributed by atoms with Crippen molar-refractivity contribution in [2.75, 3.05) is 0 Å². The molecule has 1 rings (SSSR count). The summed E-state index contributed by atoms with van der Waals surface area (Å²) in [7, 11) is 0. The van der Waals surface area contributed by atoms with Gasteiger partial charge in [-0.3, -0.25) is 4.79 Å². The third-order valence-corrected chi connectivity index (χ3v) is 2.25. The summed E-state index contributed by atoms with van der Waals surface area (Å²) in [6.07, 6.45) is -1.56. The molecule has 0 saturated heterocycles. The maximum absolute atomic E-state index is 13.2.